The molecule has 0 bridgehead atoms. The lowest BCUT2D eigenvalue weighted by atomic mass is 10.1. The molecule has 2 aromatic rings. The van der Waals surface area contributed by atoms with Gasteiger partial charge in [0.1, 0.15) is 5.82 Å². The van der Waals surface area contributed by atoms with Gasteiger partial charge in [-0.05, 0) is 24.6 Å². The SMILES string of the molecule is Cc1cc2[nH]c(C(C)C)nc2cc1C#N. The number of fused-ring (bicyclic) bond motifs is 1. The zero-order valence-corrected chi connectivity index (χ0v) is 9.13. The van der Waals surface area contributed by atoms with Crippen LogP contribution in [-0.2, 0) is 0 Å². The Morgan fingerprint density at radius 1 is 1.40 bits per heavy atom. The summed E-state index contributed by atoms with van der Waals surface area (Å²) in [5.41, 5.74) is 3.57. The zero-order valence-electron chi connectivity index (χ0n) is 9.13. The summed E-state index contributed by atoms with van der Waals surface area (Å²) in [6, 6.07) is 5.99. The van der Waals surface area contributed by atoms with Crippen molar-refractivity contribution in [1.29, 1.82) is 5.26 Å². The number of benzene rings is 1. The molecule has 0 fully saturated rings. The van der Waals surface area contributed by atoms with Crippen LogP contribution in [-0.4, -0.2) is 9.97 Å². The van der Waals surface area contributed by atoms with E-state index in [1.165, 1.54) is 0 Å². The molecular formula is C12H13N3. The fraction of sp³-hybridized carbons (Fsp3) is 0.333. The van der Waals surface area contributed by atoms with E-state index in [0.29, 0.717) is 11.5 Å². The van der Waals surface area contributed by atoms with Crippen LogP contribution in [0.1, 0.15) is 36.7 Å². The van der Waals surface area contributed by atoms with Gasteiger partial charge in [0.05, 0.1) is 22.7 Å². The van der Waals surface area contributed by atoms with Crippen molar-refractivity contribution >= 4 is 11.0 Å². The number of hydrogen-bond acceptors (Lipinski definition) is 2. The van der Waals surface area contributed by atoms with Crippen LogP contribution in [0.15, 0.2) is 12.1 Å². The highest BCUT2D eigenvalue weighted by Gasteiger charge is 2.08. The Kier molecular flexibility index (Phi) is 2.20. The number of aromatic nitrogens is 2. The fourth-order valence-electron chi connectivity index (χ4n) is 1.58. The monoisotopic (exact) mass is 199 g/mol. The third-order valence-electron chi connectivity index (χ3n) is 2.51. The molecule has 0 atom stereocenters. The van der Waals surface area contributed by atoms with Crippen LogP contribution in [0.25, 0.3) is 11.0 Å². The number of rotatable bonds is 1. The lowest BCUT2D eigenvalue weighted by Crippen LogP contribution is -1.88. The molecular weight excluding hydrogens is 186 g/mol. The largest absolute Gasteiger partial charge is 0.342 e. The minimum absolute atomic E-state index is 0.378. The molecule has 0 saturated heterocycles. The first kappa shape index (κ1) is 9.72. The predicted molar refractivity (Wildman–Crippen MR) is 59.6 cm³/mol. The quantitative estimate of drug-likeness (QED) is 0.767. The Labute approximate surface area is 88.8 Å². The molecule has 0 saturated carbocycles. The zero-order chi connectivity index (χ0) is 11.0. The van der Waals surface area contributed by atoms with Crippen molar-refractivity contribution in [1.82, 2.24) is 9.97 Å². The first-order valence-electron chi connectivity index (χ1n) is 5.02. The smallest absolute Gasteiger partial charge is 0.109 e. The van der Waals surface area contributed by atoms with Crippen molar-refractivity contribution in [2.45, 2.75) is 26.7 Å². The third kappa shape index (κ3) is 1.59. The van der Waals surface area contributed by atoms with E-state index in [-0.39, 0.29) is 0 Å². The van der Waals surface area contributed by atoms with Gasteiger partial charge in [-0.25, -0.2) is 4.98 Å². The van der Waals surface area contributed by atoms with Gasteiger partial charge in [0.25, 0.3) is 0 Å². The van der Waals surface area contributed by atoms with Crippen LogP contribution in [0, 0.1) is 18.3 Å². The minimum Gasteiger partial charge on any atom is -0.342 e. The van der Waals surface area contributed by atoms with Gasteiger partial charge in [-0.15, -0.1) is 0 Å². The summed E-state index contributed by atoms with van der Waals surface area (Å²) in [6.45, 7) is 6.12. The normalized spacial score (nSPS) is 10.9. The average Bonchev–Trinajstić information content (AvgIpc) is 2.59. The van der Waals surface area contributed by atoms with Gasteiger partial charge < -0.3 is 4.98 Å². The Morgan fingerprint density at radius 2 is 2.13 bits per heavy atom. The van der Waals surface area contributed by atoms with Crippen LogP contribution >= 0.6 is 0 Å². The first-order chi connectivity index (χ1) is 7.11. The molecule has 3 heteroatoms. The average molecular weight is 199 g/mol. The summed E-state index contributed by atoms with van der Waals surface area (Å²) in [4.78, 5) is 7.72. The van der Waals surface area contributed by atoms with E-state index in [9.17, 15) is 0 Å². The number of nitrogens with zero attached hydrogens (tertiary/aromatic N) is 2. The van der Waals surface area contributed by atoms with Crippen molar-refractivity contribution in [3.05, 3.63) is 29.1 Å². The lowest BCUT2D eigenvalue weighted by Gasteiger charge is -1.96. The van der Waals surface area contributed by atoms with E-state index in [1.54, 1.807) is 0 Å². The third-order valence-corrected chi connectivity index (χ3v) is 2.51. The van der Waals surface area contributed by atoms with E-state index >= 15 is 0 Å². The summed E-state index contributed by atoms with van der Waals surface area (Å²) in [7, 11) is 0. The Balaban J connectivity index is 2.68. The lowest BCUT2D eigenvalue weighted by molar-refractivity contribution is 0.799. The maximum Gasteiger partial charge on any atom is 0.109 e. The second kappa shape index (κ2) is 3.39. The molecule has 0 radical (unpaired) electrons. The first-order valence-corrected chi connectivity index (χ1v) is 5.02. The minimum atomic E-state index is 0.378. The summed E-state index contributed by atoms with van der Waals surface area (Å²) >= 11 is 0. The van der Waals surface area contributed by atoms with Crippen LogP contribution in [0.2, 0.25) is 0 Å². The van der Waals surface area contributed by atoms with Crippen LogP contribution in [0.5, 0.6) is 0 Å². The number of aryl methyl sites for hydroxylation is 1. The molecule has 1 aromatic heterocycles. The van der Waals surface area contributed by atoms with Gasteiger partial charge in [-0.1, -0.05) is 13.8 Å². The van der Waals surface area contributed by atoms with E-state index in [2.05, 4.69) is 29.9 Å². The van der Waals surface area contributed by atoms with Crippen molar-refractivity contribution < 1.29 is 0 Å². The molecule has 0 unspecified atom stereocenters. The second-order valence-electron chi connectivity index (χ2n) is 4.07. The van der Waals surface area contributed by atoms with Crippen molar-refractivity contribution in [2.75, 3.05) is 0 Å². The topological polar surface area (TPSA) is 52.5 Å². The van der Waals surface area contributed by atoms with Crippen LogP contribution in [0.3, 0.4) is 0 Å². The predicted octanol–water partition coefficient (Wildman–Crippen LogP) is 2.87. The van der Waals surface area contributed by atoms with Crippen molar-refractivity contribution in [3.8, 4) is 6.07 Å². The van der Waals surface area contributed by atoms with Gasteiger partial charge in [0.15, 0.2) is 0 Å². The molecule has 0 amide bonds. The van der Waals surface area contributed by atoms with E-state index in [4.69, 9.17) is 5.26 Å². The Hall–Kier alpha value is -1.82. The summed E-state index contributed by atoms with van der Waals surface area (Å²) in [6.07, 6.45) is 0. The highest BCUT2D eigenvalue weighted by Crippen LogP contribution is 2.20. The summed E-state index contributed by atoms with van der Waals surface area (Å²) < 4.78 is 0. The number of imidazole rings is 1. The summed E-state index contributed by atoms with van der Waals surface area (Å²) in [5, 5.41) is 8.91. The Morgan fingerprint density at radius 3 is 2.73 bits per heavy atom. The standard InChI is InChI=1S/C12H13N3/c1-7(2)12-14-10-4-8(3)9(6-13)5-11(10)15-12/h4-5,7H,1-3H3,(H,14,15). The molecule has 1 heterocycles. The summed E-state index contributed by atoms with van der Waals surface area (Å²) in [5.74, 6) is 1.35. The van der Waals surface area contributed by atoms with Crippen LogP contribution < -0.4 is 0 Å². The highest BCUT2D eigenvalue weighted by molar-refractivity contribution is 5.78. The van der Waals surface area contributed by atoms with E-state index in [0.717, 1.165) is 22.4 Å². The molecule has 15 heavy (non-hydrogen) atoms. The van der Waals surface area contributed by atoms with E-state index < -0.39 is 0 Å². The molecule has 0 spiro atoms. The molecule has 1 N–H and O–H groups in total. The van der Waals surface area contributed by atoms with Gasteiger partial charge in [-0.2, -0.15) is 5.26 Å². The molecule has 1 aromatic carbocycles. The number of aromatic amines is 1. The van der Waals surface area contributed by atoms with Gasteiger partial charge >= 0.3 is 0 Å². The molecule has 3 nitrogen and oxygen atoms in total. The van der Waals surface area contributed by atoms with Crippen molar-refractivity contribution in [2.24, 2.45) is 0 Å². The van der Waals surface area contributed by atoms with Gasteiger partial charge in [-0.3, -0.25) is 0 Å². The van der Waals surface area contributed by atoms with Crippen LogP contribution in [0.4, 0.5) is 0 Å². The fourth-order valence-corrected chi connectivity index (χ4v) is 1.58. The van der Waals surface area contributed by atoms with Gasteiger partial charge in [0, 0.05) is 5.92 Å². The maximum atomic E-state index is 8.91. The number of nitrogens with one attached hydrogen (secondary N) is 1. The highest BCUT2D eigenvalue weighted by atomic mass is 14.9. The number of hydrogen-bond donors (Lipinski definition) is 1. The molecule has 0 aliphatic rings. The second-order valence-corrected chi connectivity index (χ2v) is 4.07. The Bertz CT molecular complexity index is 544. The molecule has 76 valence electrons. The van der Waals surface area contributed by atoms with Gasteiger partial charge in [0.2, 0.25) is 0 Å². The molecule has 0 aliphatic carbocycles. The molecule has 2 rings (SSSR count). The number of H-pyrrole nitrogens is 1. The number of nitriles is 1. The van der Waals surface area contributed by atoms with E-state index in [1.807, 2.05) is 19.1 Å². The van der Waals surface area contributed by atoms with Crippen molar-refractivity contribution in [3.63, 3.8) is 0 Å². The molecule has 0 aliphatic heterocycles. The maximum absolute atomic E-state index is 8.91.